The van der Waals surface area contributed by atoms with Crippen molar-refractivity contribution in [1.82, 2.24) is 14.8 Å². The van der Waals surface area contributed by atoms with Crippen LogP contribution in [0.2, 0.25) is 0 Å². The molecule has 0 aliphatic carbocycles. The molecule has 1 atom stereocenters. The Bertz CT molecular complexity index is 856. The molecule has 1 aromatic heterocycles. The van der Waals surface area contributed by atoms with Gasteiger partial charge in [-0.05, 0) is 26.0 Å². The summed E-state index contributed by atoms with van der Waals surface area (Å²) >= 11 is 1.29. The van der Waals surface area contributed by atoms with Crippen LogP contribution in [-0.2, 0) is 16.0 Å². The van der Waals surface area contributed by atoms with Crippen molar-refractivity contribution in [3.63, 3.8) is 0 Å². The quantitative estimate of drug-likeness (QED) is 0.767. The zero-order valence-corrected chi connectivity index (χ0v) is 16.7. The second kappa shape index (κ2) is 8.66. The predicted octanol–water partition coefficient (Wildman–Crippen LogP) is 1.97. The molecular formula is C19H24FN5O2S. The molecule has 150 valence electrons. The van der Waals surface area contributed by atoms with Gasteiger partial charge in [0.15, 0.2) is 5.13 Å². The third kappa shape index (κ3) is 4.66. The van der Waals surface area contributed by atoms with Gasteiger partial charge in [0.1, 0.15) is 11.9 Å². The van der Waals surface area contributed by atoms with Crippen LogP contribution >= 0.6 is 11.3 Å². The number of anilines is 2. The number of thiazole rings is 1. The number of rotatable bonds is 6. The van der Waals surface area contributed by atoms with Crippen LogP contribution in [-0.4, -0.2) is 58.3 Å². The van der Waals surface area contributed by atoms with Crippen molar-refractivity contribution < 1.29 is 14.0 Å². The molecule has 28 heavy (non-hydrogen) atoms. The van der Waals surface area contributed by atoms with Crippen LogP contribution in [0.4, 0.5) is 15.2 Å². The topological polar surface area (TPSA) is 91.6 Å². The number of primary amides is 1. The van der Waals surface area contributed by atoms with E-state index in [1.54, 1.807) is 28.5 Å². The first-order valence-electron chi connectivity index (χ1n) is 9.14. The molecule has 1 saturated heterocycles. The highest BCUT2D eigenvalue weighted by Crippen LogP contribution is 2.23. The van der Waals surface area contributed by atoms with Gasteiger partial charge >= 0.3 is 0 Å². The van der Waals surface area contributed by atoms with Crippen molar-refractivity contribution in [3.05, 3.63) is 41.2 Å². The Morgan fingerprint density at radius 3 is 2.79 bits per heavy atom. The normalized spacial score (nSPS) is 17.7. The van der Waals surface area contributed by atoms with Crippen LogP contribution in [0.3, 0.4) is 0 Å². The summed E-state index contributed by atoms with van der Waals surface area (Å²) in [7, 11) is 0. The summed E-state index contributed by atoms with van der Waals surface area (Å²) < 4.78 is 13.7. The molecule has 2 amide bonds. The molecule has 0 radical (unpaired) electrons. The molecule has 1 unspecified atom stereocenters. The van der Waals surface area contributed by atoms with Gasteiger partial charge in [-0.15, -0.1) is 11.3 Å². The number of nitrogens with two attached hydrogens (primary N) is 1. The van der Waals surface area contributed by atoms with E-state index >= 15 is 0 Å². The third-order valence-electron chi connectivity index (χ3n) is 4.79. The molecular weight excluding hydrogens is 381 g/mol. The van der Waals surface area contributed by atoms with Crippen molar-refractivity contribution in [3.8, 4) is 0 Å². The number of carbonyl (C=O) groups excluding carboxylic acids is 2. The minimum atomic E-state index is -0.640. The minimum absolute atomic E-state index is 0.0703. The molecule has 0 saturated carbocycles. The average Bonchev–Trinajstić information content (AvgIpc) is 3.09. The van der Waals surface area contributed by atoms with Gasteiger partial charge in [-0.3, -0.25) is 14.5 Å². The van der Waals surface area contributed by atoms with Gasteiger partial charge in [0.05, 0.1) is 17.8 Å². The number of halogens is 1. The molecule has 2 heterocycles. The molecule has 1 aliphatic rings. The van der Waals surface area contributed by atoms with E-state index < -0.39 is 11.9 Å². The van der Waals surface area contributed by atoms with Crippen molar-refractivity contribution in [2.45, 2.75) is 32.4 Å². The van der Waals surface area contributed by atoms with E-state index in [2.05, 4.69) is 29.0 Å². The number of piperazine rings is 1. The van der Waals surface area contributed by atoms with Crippen LogP contribution in [0.1, 0.15) is 19.5 Å². The van der Waals surface area contributed by atoms with Gasteiger partial charge < -0.3 is 16.0 Å². The lowest BCUT2D eigenvalue weighted by Gasteiger charge is -2.41. The van der Waals surface area contributed by atoms with Crippen LogP contribution in [0.5, 0.6) is 0 Å². The Labute approximate surface area is 167 Å². The lowest BCUT2D eigenvalue weighted by molar-refractivity contribution is -0.142. The number of para-hydroxylation sites is 1. The van der Waals surface area contributed by atoms with E-state index in [0.717, 1.165) is 0 Å². The van der Waals surface area contributed by atoms with E-state index in [1.165, 1.54) is 17.4 Å². The smallest absolute Gasteiger partial charge is 0.241 e. The Kier molecular flexibility index (Phi) is 6.25. The monoisotopic (exact) mass is 405 g/mol. The lowest BCUT2D eigenvalue weighted by Crippen LogP contribution is -2.61. The number of hydrogen-bond acceptors (Lipinski definition) is 6. The minimum Gasteiger partial charge on any atom is -0.368 e. The van der Waals surface area contributed by atoms with Gasteiger partial charge in [-0.25, -0.2) is 9.37 Å². The Hall–Kier alpha value is -2.52. The van der Waals surface area contributed by atoms with E-state index in [9.17, 15) is 14.0 Å². The fraction of sp³-hybridized carbons (Fsp3) is 0.421. The molecule has 0 spiro atoms. The van der Waals surface area contributed by atoms with Crippen LogP contribution in [0.15, 0.2) is 29.6 Å². The Morgan fingerprint density at radius 2 is 2.11 bits per heavy atom. The summed E-state index contributed by atoms with van der Waals surface area (Å²) in [6.07, 6.45) is 0.0703. The van der Waals surface area contributed by atoms with Crippen molar-refractivity contribution >= 4 is 34.0 Å². The summed E-state index contributed by atoms with van der Waals surface area (Å²) in [5.41, 5.74) is 6.44. The number of amides is 2. The second-order valence-corrected chi connectivity index (χ2v) is 7.88. The van der Waals surface area contributed by atoms with E-state index in [0.29, 0.717) is 36.1 Å². The van der Waals surface area contributed by atoms with Crippen LogP contribution in [0.25, 0.3) is 0 Å². The number of hydrogen-bond donors (Lipinski definition) is 2. The van der Waals surface area contributed by atoms with Crippen LogP contribution in [0, 0.1) is 5.82 Å². The first kappa shape index (κ1) is 20.2. The van der Waals surface area contributed by atoms with E-state index in [4.69, 9.17) is 5.73 Å². The molecule has 3 N–H and O–H groups in total. The first-order chi connectivity index (χ1) is 13.3. The molecule has 2 aromatic rings. The summed E-state index contributed by atoms with van der Waals surface area (Å²) in [6.45, 7) is 5.69. The van der Waals surface area contributed by atoms with Gasteiger partial charge in [0.25, 0.3) is 0 Å². The van der Waals surface area contributed by atoms with Crippen molar-refractivity contribution in [1.29, 1.82) is 0 Å². The van der Waals surface area contributed by atoms with Gasteiger partial charge in [-0.2, -0.15) is 0 Å². The highest BCUT2D eigenvalue weighted by atomic mass is 32.1. The van der Waals surface area contributed by atoms with Gasteiger partial charge in [0.2, 0.25) is 11.8 Å². The largest absolute Gasteiger partial charge is 0.368 e. The maximum Gasteiger partial charge on any atom is 0.241 e. The molecule has 9 heteroatoms. The third-order valence-corrected chi connectivity index (χ3v) is 5.60. The molecule has 7 nitrogen and oxygen atoms in total. The summed E-state index contributed by atoms with van der Waals surface area (Å²) in [6, 6.07) is 5.96. The first-order valence-corrected chi connectivity index (χ1v) is 10.0. The Morgan fingerprint density at radius 1 is 1.36 bits per heavy atom. The molecule has 1 aliphatic heterocycles. The number of nitrogens with zero attached hydrogens (tertiary/aromatic N) is 3. The SMILES string of the molecule is CC(C)N1CCN(C(=O)Cc2csc(Nc3ccccc3F)n2)C(C(N)=O)C1. The fourth-order valence-electron chi connectivity index (χ4n) is 3.19. The Balaban J connectivity index is 1.65. The van der Waals surface area contributed by atoms with Gasteiger partial charge in [-0.1, -0.05) is 12.1 Å². The molecule has 1 fully saturated rings. The van der Waals surface area contributed by atoms with Gasteiger partial charge in [0, 0.05) is 31.1 Å². The van der Waals surface area contributed by atoms with Crippen LogP contribution < -0.4 is 11.1 Å². The van der Waals surface area contributed by atoms with Crippen molar-refractivity contribution in [2.75, 3.05) is 25.0 Å². The maximum absolute atomic E-state index is 13.7. The number of carbonyl (C=O) groups is 2. The number of aromatic nitrogens is 1. The van der Waals surface area contributed by atoms with Crippen molar-refractivity contribution in [2.24, 2.45) is 5.73 Å². The standard InChI is InChI=1S/C19H24FN5O2S/c1-12(2)24-7-8-25(16(10-24)18(21)27)17(26)9-13-11-28-19(22-13)23-15-6-4-3-5-14(15)20/h3-6,11-12,16H,7-10H2,1-2H3,(H2,21,27)(H,22,23). The highest BCUT2D eigenvalue weighted by Gasteiger charge is 2.34. The predicted molar refractivity (Wildman–Crippen MR) is 107 cm³/mol. The maximum atomic E-state index is 13.7. The highest BCUT2D eigenvalue weighted by molar-refractivity contribution is 7.13. The van der Waals surface area contributed by atoms with E-state index in [1.807, 2.05) is 0 Å². The number of benzene rings is 1. The fourth-order valence-corrected chi connectivity index (χ4v) is 3.92. The average molecular weight is 405 g/mol. The molecule has 3 rings (SSSR count). The zero-order valence-electron chi connectivity index (χ0n) is 15.9. The zero-order chi connectivity index (χ0) is 20.3. The summed E-state index contributed by atoms with van der Waals surface area (Å²) in [5.74, 6) is -1.06. The van der Waals surface area contributed by atoms with E-state index in [-0.39, 0.29) is 24.2 Å². The number of nitrogens with one attached hydrogen (secondary N) is 1. The lowest BCUT2D eigenvalue weighted by atomic mass is 10.1. The summed E-state index contributed by atoms with van der Waals surface area (Å²) in [4.78, 5) is 32.7. The second-order valence-electron chi connectivity index (χ2n) is 7.02. The molecule has 1 aromatic carbocycles. The summed E-state index contributed by atoms with van der Waals surface area (Å²) in [5, 5.41) is 5.18. The molecule has 0 bridgehead atoms.